The first kappa shape index (κ1) is 13.2. The fraction of sp³-hybridized carbons (Fsp3) is 0.222. The van der Waals surface area contributed by atoms with E-state index in [2.05, 4.69) is 9.38 Å². The van der Waals surface area contributed by atoms with Crippen molar-refractivity contribution in [2.45, 2.75) is 6.42 Å². The van der Waals surface area contributed by atoms with Crippen LogP contribution in [-0.2, 0) is 6.42 Å². The van der Waals surface area contributed by atoms with E-state index >= 15 is 0 Å². The Kier molecular flexibility index (Phi) is 5.53. The van der Waals surface area contributed by atoms with Gasteiger partial charge in [0, 0.05) is 12.6 Å². The van der Waals surface area contributed by atoms with Gasteiger partial charge in [-0.1, -0.05) is 6.07 Å². The number of aromatic nitrogens is 2. The van der Waals surface area contributed by atoms with Crippen LogP contribution in [0.25, 0.3) is 5.52 Å². The SMILES string of the molecule is Cl.Cl.NCCc1ncc2ccccn12. The lowest BCUT2D eigenvalue weighted by molar-refractivity contribution is 0.863. The molecule has 0 fully saturated rings. The average molecular weight is 234 g/mol. The van der Waals surface area contributed by atoms with Gasteiger partial charge in [-0.05, 0) is 18.7 Å². The van der Waals surface area contributed by atoms with Crippen molar-refractivity contribution < 1.29 is 0 Å². The number of nitrogens with zero attached hydrogens (tertiary/aromatic N) is 2. The fourth-order valence-electron chi connectivity index (χ4n) is 1.31. The second-order valence-corrected chi connectivity index (χ2v) is 2.71. The zero-order chi connectivity index (χ0) is 8.39. The maximum Gasteiger partial charge on any atom is 0.114 e. The maximum absolute atomic E-state index is 5.46. The number of pyridine rings is 1. The Labute approximate surface area is 95.1 Å². The van der Waals surface area contributed by atoms with Gasteiger partial charge in [0.1, 0.15) is 5.82 Å². The molecule has 0 saturated carbocycles. The van der Waals surface area contributed by atoms with Crippen LogP contribution in [0.2, 0.25) is 0 Å². The van der Waals surface area contributed by atoms with Gasteiger partial charge >= 0.3 is 0 Å². The molecule has 0 spiro atoms. The summed E-state index contributed by atoms with van der Waals surface area (Å²) in [5.41, 5.74) is 6.58. The molecule has 0 saturated heterocycles. The molecule has 78 valence electrons. The predicted molar refractivity (Wildman–Crippen MR) is 62.4 cm³/mol. The number of halogens is 2. The van der Waals surface area contributed by atoms with E-state index in [4.69, 9.17) is 5.73 Å². The first-order valence-electron chi connectivity index (χ1n) is 4.03. The van der Waals surface area contributed by atoms with Gasteiger partial charge in [0.25, 0.3) is 0 Å². The Morgan fingerprint density at radius 3 is 2.79 bits per heavy atom. The minimum absolute atomic E-state index is 0. The molecule has 0 bridgehead atoms. The minimum Gasteiger partial charge on any atom is -0.330 e. The van der Waals surface area contributed by atoms with Crippen LogP contribution < -0.4 is 5.73 Å². The molecule has 2 heterocycles. The summed E-state index contributed by atoms with van der Waals surface area (Å²) in [6.07, 6.45) is 4.70. The Morgan fingerprint density at radius 1 is 1.29 bits per heavy atom. The van der Waals surface area contributed by atoms with Gasteiger partial charge in [-0.2, -0.15) is 0 Å². The lowest BCUT2D eigenvalue weighted by Crippen LogP contribution is -2.05. The molecule has 0 aliphatic heterocycles. The van der Waals surface area contributed by atoms with Gasteiger partial charge in [0.05, 0.1) is 11.7 Å². The molecule has 2 rings (SSSR count). The van der Waals surface area contributed by atoms with Crippen molar-refractivity contribution in [2.24, 2.45) is 5.73 Å². The van der Waals surface area contributed by atoms with Crippen LogP contribution in [0.5, 0.6) is 0 Å². The lowest BCUT2D eigenvalue weighted by Gasteiger charge is -1.97. The van der Waals surface area contributed by atoms with Gasteiger partial charge in [-0.3, -0.25) is 0 Å². The average Bonchev–Trinajstić information content (AvgIpc) is 2.50. The van der Waals surface area contributed by atoms with E-state index in [0.717, 1.165) is 17.8 Å². The summed E-state index contributed by atoms with van der Waals surface area (Å²) in [5, 5.41) is 0. The van der Waals surface area contributed by atoms with E-state index in [9.17, 15) is 0 Å². The Balaban J connectivity index is 0.000000845. The molecule has 2 aromatic heterocycles. The zero-order valence-corrected chi connectivity index (χ0v) is 9.22. The van der Waals surface area contributed by atoms with E-state index in [0.29, 0.717) is 6.54 Å². The molecular weight excluding hydrogens is 221 g/mol. The number of hydrogen-bond acceptors (Lipinski definition) is 2. The van der Waals surface area contributed by atoms with Crippen molar-refractivity contribution in [3.63, 3.8) is 0 Å². The van der Waals surface area contributed by atoms with Crippen LogP contribution >= 0.6 is 24.8 Å². The maximum atomic E-state index is 5.46. The van der Waals surface area contributed by atoms with Crippen LogP contribution in [0, 0.1) is 0 Å². The highest BCUT2D eigenvalue weighted by Gasteiger charge is 1.99. The topological polar surface area (TPSA) is 43.3 Å². The van der Waals surface area contributed by atoms with Crippen molar-refractivity contribution in [1.29, 1.82) is 0 Å². The zero-order valence-electron chi connectivity index (χ0n) is 7.59. The number of imidazole rings is 1. The molecule has 2 N–H and O–H groups in total. The highest BCUT2D eigenvalue weighted by atomic mass is 35.5. The Morgan fingerprint density at radius 2 is 2.07 bits per heavy atom. The van der Waals surface area contributed by atoms with E-state index in [1.165, 1.54) is 0 Å². The van der Waals surface area contributed by atoms with E-state index < -0.39 is 0 Å². The quantitative estimate of drug-likeness (QED) is 0.859. The third-order valence-electron chi connectivity index (χ3n) is 1.88. The number of nitrogens with two attached hydrogens (primary N) is 1. The Hall–Kier alpha value is -0.770. The standard InChI is InChI=1S/C9H11N3.2ClH/c10-5-4-9-11-7-8-3-1-2-6-12(8)9;;/h1-3,6-7H,4-5,10H2;2*1H. The first-order valence-corrected chi connectivity index (χ1v) is 4.03. The molecular formula is C9H13Cl2N3. The molecule has 0 radical (unpaired) electrons. The van der Waals surface area contributed by atoms with Gasteiger partial charge in [-0.15, -0.1) is 24.8 Å². The molecule has 5 heteroatoms. The third kappa shape index (κ3) is 2.38. The molecule has 3 nitrogen and oxygen atoms in total. The van der Waals surface area contributed by atoms with E-state index in [1.807, 2.05) is 30.6 Å². The van der Waals surface area contributed by atoms with E-state index in [-0.39, 0.29) is 24.8 Å². The van der Waals surface area contributed by atoms with Crippen LogP contribution in [-0.4, -0.2) is 15.9 Å². The van der Waals surface area contributed by atoms with Gasteiger partial charge < -0.3 is 10.1 Å². The van der Waals surface area contributed by atoms with Gasteiger partial charge in [0.15, 0.2) is 0 Å². The number of rotatable bonds is 2. The summed E-state index contributed by atoms with van der Waals surface area (Å²) in [7, 11) is 0. The van der Waals surface area contributed by atoms with Crippen molar-refractivity contribution in [2.75, 3.05) is 6.54 Å². The number of fused-ring (bicyclic) bond motifs is 1. The minimum atomic E-state index is 0. The molecule has 0 unspecified atom stereocenters. The molecule has 14 heavy (non-hydrogen) atoms. The van der Waals surface area contributed by atoms with Crippen molar-refractivity contribution >= 4 is 30.3 Å². The van der Waals surface area contributed by atoms with Crippen LogP contribution in [0.1, 0.15) is 5.82 Å². The molecule has 0 aliphatic rings. The van der Waals surface area contributed by atoms with Crippen molar-refractivity contribution in [1.82, 2.24) is 9.38 Å². The predicted octanol–water partition coefficient (Wildman–Crippen LogP) is 1.68. The second-order valence-electron chi connectivity index (χ2n) is 2.71. The van der Waals surface area contributed by atoms with Gasteiger partial charge in [0.2, 0.25) is 0 Å². The third-order valence-corrected chi connectivity index (χ3v) is 1.88. The van der Waals surface area contributed by atoms with Crippen LogP contribution in [0.4, 0.5) is 0 Å². The molecule has 0 amide bonds. The molecule has 0 aromatic carbocycles. The summed E-state index contributed by atoms with van der Waals surface area (Å²) in [5.74, 6) is 1.04. The van der Waals surface area contributed by atoms with Crippen LogP contribution in [0.15, 0.2) is 30.6 Å². The monoisotopic (exact) mass is 233 g/mol. The second kappa shape index (κ2) is 5.86. The highest BCUT2D eigenvalue weighted by Crippen LogP contribution is 2.05. The number of hydrogen-bond donors (Lipinski definition) is 1. The Bertz CT molecular complexity index is 386. The van der Waals surface area contributed by atoms with E-state index in [1.54, 1.807) is 0 Å². The summed E-state index contributed by atoms with van der Waals surface area (Å²) in [6, 6.07) is 6.03. The summed E-state index contributed by atoms with van der Waals surface area (Å²) < 4.78 is 2.06. The highest BCUT2D eigenvalue weighted by molar-refractivity contribution is 5.85. The first-order chi connectivity index (χ1) is 5.92. The fourth-order valence-corrected chi connectivity index (χ4v) is 1.31. The summed E-state index contributed by atoms with van der Waals surface area (Å²) in [6.45, 7) is 0.647. The molecule has 2 aromatic rings. The largest absolute Gasteiger partial charge is 0.330 e. The molecule has 0 atom stereocenters. The smallest absolute Gasteiger partial charge is 0.114 e. The normalized spacial score (nSPS) is 9.21. The summed E-state index contributed by atoms with van der Waals surface area (Å²) in [4.78, 5) is 4.27. The van der Waals surface area contributed by atoms with Gasteiger partial charge in [-0.25, -0.2) is 4.98 Å². The van der Waals surface area contributed by atoms with Crippen molar-refractivity contribution in [3.8, 4) is 0 Å². The van der Waals surface area contributed by atoms with Crippen LogP contribution in [0.3, 0.4) is 0 Å². The van der Waals surface area contributed by atoms with Crippen molar-refractivity contribution in [3.05, 3.63) is 36.4 Å². The summed E-state index contributed by atoms with van der Waals surface area (Å²) >= 11 is 0. The lowest BCUT2D eigenvalue weighted by atomic mass is 10.4. The molecule has 0 aliphatic carbocycles.